The summed E-state index contributed by atoms with van der Waals surface area (Å²) in [4.78, 5) is 35.0. The zero-order valence-electron chi connectivity index (χ0n) is 25.6. The van der Waals surface area contributed by atoms with Crippen molar-refractivity contribution in [2.45, 2.75) is 49.6 Å². The van der Waals surface area contributed by atoms with Crippen molar-refractivity contribution in [2.75, 3.05) is 38.4 Å². The zero-order chi connectivity index (χ0) is 34.0. The van der Waals surface area contributed by atoms with Gasteiger partial charge in [0.05, 0.1) is 22.5 Å². The predicted octanol–water partition coefficient (Wildman–Crippen LogP) is 5.05. The van der Waals surface area contributed by atoms with Gasteiger partial charge < -0.3 is 24.2 Å². The summed E-state index contributed by atoms with van der Waals surface area (Å²) in [5.74, 6) is 0.760. The van der Waals surface area contributed by atoms with Crippen molar-refractivity contribution in [1.82, 2.24) is 19.9 Å². The van der Waals surface area contributed by atoms with Crippen LogP contribution in [0.3, 0.4) is 0 Å². The minimum absolute atomic E-state index is 0.00652. The monoisotopic (exact) mass is 687 g/mol. The Morgan fingerprint density at radius 3 is 2.73 bits per heavy atom. The lowest BCUT2D eigenvalue weighted by Crippen LogP contribution is -2.43. The van der Waals surface area contributed by atoms with E-state index in [-0.39, 0.29) is 63.7 Å². The van der Waals surface area contributed by atoms with Crippen LogP contribution in [-0.2, 0) is 9.09 Å². The molecule has 0 amide bonds. The lowest BCUT2D eigenvalue weighted by Gasteiger charge is -2.31. The number of rotatable bonds is 10. The second kappa shape index (κ2) is 12.1. The summed E-state index contributed by atoms with van der Waals surface area (Å²) in [5.41, 5.74) is -1.25. The van der Waals surface area contributed by atoms with Crippen LogP contribution < -0.4 is 14.4 Å². The third-order valence-corrected chi connectivity index (χ3v) is 9.72. The highest BCUT2D eigenvalue weighted by Gasteiger charge is 2.49. The molecule has 0 spiro atoms. The predicted molar refractivity (Wildman–Crippen MR) is 167 cm³/mol. The Bertz CT molecular complexity index is 2030. The Morgan fingerprint density at radius 2 is 2.00 bits per heavy atom. The first-order valence-corrected chi connectivity index (χ1v) is 16.7. The van der Waals surface area contributed by atoms with Crippen LogP contribution in [0.5, 0.6) is 11.8 Å². The summed E-state index contributed by atoms with van der Waals surface area (Å²) in [6.45, 7) is 0.264. The van der Waals surface area contributed by atoms with E-state index in [2.05, 4.69) is 30.3 Å². The normalized spacial score (nSPS) is 23.8. The fraction of sp³-hybridized carbons (Fsp3) is 0.406. The molecule has 0 unspecified atom stereocenters. The van der Waals surface area contributed by atoms with E-state index in [9.17, 15) is 17.7 Å². The van der Waals surface area contributed by atoms with Gasteiger partial charge in [0.25, 0.3) is 0 Å². The van der Waals surface area contributed by atoms with E-state index < -0.39 is 50.2 Å². The number of phosphoric ester groups is 1. The lowest BCUT2D eigenvalue weighted by molar-refractivity contribution is 0.0830. The highest BCUT2D eigenvalue weighted by Crippen LogP contribution is 2.43. The summed E-state index contributed by atoms with van der Waals surface area (Å²) in [6.07, 6.45) is 7.03. The van der Waals surface area contributed by atoms with Crippen LogP contribution in [0.25, 0.3) is 32.9 Å². The standard InChI is InChI=1S/C32H30F4N5O6P/c1-3-20-23(34)6-5-17-9-19(46-16-47-48(42,43)44)10-21(26(17)20)28-27(36)29-22(13-37-28)30(40(2)25-11-24(25)35)39-31(38-29)45-15-32-7-4-8-41(32)14-18(33)12-32/h1,5-6,9-10,13,18,24-25H,4,7-8,11-12,14-16H2,2H3,(H2,42,43,44)/t18-,24+,25+,32+/m1/s1. The summed E-state index contributed by atoms with van der Waals surface area (Å²) in [6, 6.07) is 4.52. The molecular formula is C32H30F4N5O6P. The third kappa shape index (κ3) is 5.92. The van der Waals surface area contributed by atoms with Gasteiger partial charge in [0.15, 0.2) is 12.6 Å². The number of anilines is 1. The number of halogens is 4. The van der Waals surface area contributed by atoms with Gasteiger partial charge in [-0.25, -0.2) is 26.7 Å². The van der Waals surface area contributed by atoms with Crippen molar-refractivity contribution in [2.24, 2.45) is 0 Å². The Labute approximate surface area is 272 Å². The molecule has 4 atom stereocenters. The fourth-order valence-electron chi connectivity index (χ4n) is 6.89. The maximum absolute atomic E-state index is 16.8. The van der Waals surface area contributed by atoms with Crippen LogP contribution in [0.1, 0.15) is 31.2 Å². The maximum atomic E-state index is 16.8. The van der Waals surface area contributed by atoms with Crippen LogP contribution in [0.2, 0.25) is 0 Å². The molecule has 1 saturated carbocycles. The molecule has 48 heavy (non-hydrogen) atoms. The molecule has 2 aromatic carbocycles. The number of terminal acetylenes is 1. The number of phosphoric acid groups is 1. The summed E-state index contributed by atoms with van der Waals surface area (Å²) >= 11 is 0. The van der Waals surface area contributed by atoms with Crippen molar-refractivity contribution >= 4 is 35.3 Å². The number of fused-ring (bicyclic) bond motifs is 3. The molecule has 2 N–H and O–H groups in total. The Morgan fingerprint density at radius 1 is 1.21 bits per heavy atom. The number of aromatic nitrogens is 3. The van der Waals surface area contributed by atoms with Gasteiger partial charge in [0.2, 0.25) is 0 Å². The Balaban J connectivity index is 1.36. The number of alkyl halides is 2. The largest absolute Gasteiger partial charge is 0.472 e. The van der Waals surface area contributed by atoms with Crippen LogP contribution in [-0.4, -0.2) is 87.1 Å². The topological polar surface area (TPSA) is 130 Å². The molecule has 11 nitrogen and oxygen atoms in total. The van der Waals surface area contributed by atoms with Crippen molar-refractivity contribution in [1.29, 1.82) is 0 Å². The molecular weight excluding hydrogens is 657 g/mol. The molecule has 2 aromatic heterocycles. The summed E-state index contributed by atoms with van der Waals surface area (Å²) < 4.78 is 87.4. The average Bonchev–Trinajstić information content (AvgIpc) is 3.52. The third-order valence-electron chi connectivity index (χ3n) is 9.27. The fourth-order valence-corrected chi connectivity index (χ4v) is 7.08. The van der Waals surface area contributed by atoms with E-state index in [0.29, 0.717) is 18.4 Å². The first-order valence-electron chi connectivity index (χ1n) is 15.2. The van der Waals surface area contributed by atoms with Crippen LogP contribution in [0.4, 0.5) is 23.4 Å². The highest BCUT2D eigenvalue weighted by atomic mass is 31.2. The van der Waals surface area contributed by atoms with E-state index in [1.807, 2.05) is 0 Å². The smallest absolute Gasteiger partial charge is 0.467 e. The van der Waals surface area contributed by atoms with Crippen LogP contribution >= 0.6 is 7.82 Å². The quantitative estimate of drug-likeness (QED) is 0.101. The van der Waals surface area contributed by atoms with Gasteiger partial charge in [-0.1, -0.05) is 12.0 Å². The molecule has 2 saturated heterocycles. The first kappa shape index (κ1) is 32.5. The molecule has 2 aliphatic heterocycles. The maximum Gasteiger partial charge on any atom is 0.472 e. The van der Waals surface area contributed by atoms with E-state index in [1.165, 1.54) is 24.4 Å². The molecule has 0 bridgehead atoms. The average molecular weight is 688 g/mol. The molecule has 3 aliphatic rings. The van der Waals surface area contributed by atoms with Crippen molar-refractivity contribution in [3.05, 3.63) is 47.7 Å². The molecule has 1 aliphatic carbocycles. The summed E-state index contributed by atoms with van der Waals surface area (Å²) in [7, 11) is -3.25. The molecule has 252 valence electrons. The number of benzene rings is 2. The number of pyridine rings is 1. The van der Waals surface area contributed by atoms with Crippen LogP contribution in [0, 0.1) is 24.0 Å². The molecule has 16 heteroatoms. The van der Waals surface area contributed by atoms with Gasteiger partial charge in [-0.2, -0.15) is 9.97 Å². The van der Waals surface area contributed by atoms with Crippen LogP contribution in [0.15, 0.2) is 30.5 Å². The van der Waals surface area contributed by atoms with Gasteiger partial charge in [0.1, 0.15) is 47.5 Å². The van der Waals surface area contributed by atoms with Gasteiger partial charge in [-0.15, -0.1) is 6.42 Å². The minimum atomic E-state index is -4.87. The second-order valence-corrected chi connectivity index (χ2v) is 13.6. The number of nitrogens with zero attached hydrogens (tertiary/aromatic N) is 5. The van der Waals surface area contributed by atoms with Crippen molar-refractivity contribution in [3.63, 3.8) is 0 Å². The summed E-state index contributed by atoms with van der Waals surface area (Å²) in [5, 5.41) is 0.591. The first-order chi connectivity index (χ1) is 22.9. The second-order valence-electron chi connectivity index (χ2n) is 12.3. The Hall–Kier alpha value is -4.06. The van der Waals surface area contributed by atoms with E-state index >= 15 is 4.39 Å². The van der Waals surface area contributed by atoms with Gasteiger partial charge in [-0.3, -0.25) is 9.88 Å². The number of hydrogen-bond acceptors (Lipinski definition) is 9. The molecule has 0 radical (unpaired) electrons. The van der Waals surface area contributed by atoms with Gasteiger partial charge in [-0.05, 0) is 43.0 Å². The molecule has 3 fully saturated rings. The van der Waals surface area contributed by atoms with Crippen molar-refractivity contribution in [3.8, 4) is 35.4 Å². The van der Waals surface area contributed by atoms with Crippen molar-refractivity contribution < 1.29 is 45.9 Å². The van der Waals surface area contributed by atoms with E-state index in [4.69, 9.17) is 25.7 Å². The molecule has 4 heterocycles. The van der Waals surface area contributed by atoms with Gasteiger partial charge in [0, 0.05) is 43.6 Å². The zero-order valence-corrected chi connectivity index (χ0v) is 26.5. The van der Waals surface area contributed by atoms with E-state index in [0.717, 1.165) is 25.5 Å². The highest BCUT2D eigenvalue weighted by molar-refractivity contribution is 7.46. The SMILES string of the molecule is C#Cc1c(F)ccc2cc(OCOP(=O)(O)O)cc(-c3ncc4c(N(C)[C@H]5C[C@@H]5F)nc(OC[C@@]56CCCN5C[C@H](F)C6)nc4c3F)c12. The van der Waals surface area contributed by atoms with Gasteiger partial charge >= 0.3 is 13.8 Å². The number of hydrogen-bond donors (Lipinski definition) is 2. The molecule has 7 rings (SSSR count). The van der Waals surface area contributed by atoms with E-state index in [1.54, 1.807) is 11.9 Å². The molecule has 4 aromatic rings. The number of ether oxygens (including phenoxy) is 2. The lowest BCUT2D eigenvalue weighted by atomic mass is 9.95. The minimum Gasteiger partial charge on any atom is -0.467 e. The Kier molecular flexibility index (Phi) is 8.20.